The number of benzene rings is 3. The number of anilines is 1. The lowest BCUT2D eigenvalue weighted by Gasteiger charge is -2.12. The molecule has 4 rings (SSSR count). The Morgan fingerprint density at radius 3 is 2.56 bits per heavy atom. The first-order valence-corrected chi connectivity index (χ1v) is 9.44. The monoisotopic (exact) mass is 357 g/mol. The zero-order chi connectivity index (χ0) is 18.5. The second-order valence-corrected chi connectivity index (χ2v) is 6.94. The summed E-state index contributed by atoms with van der Waals surface area (Å²) >= 11 is 0. The summed E-state index contributed by atoms with van der Waals surface area (Å²) in [5, 5.41) is 2.99. The number of hydrogen-bond donors (Lipinski definition) is 1. The lowest BCUT2D eigenvalue weighted by Crippen LogP contribution is -2.21. The fraction of sp³-hybridized carbons (Fsp3) is 0.208. The number of carbonyl (C=O) groups is 1. The van der Waals surface area contributed by atoms with Crippen LogP contribution in [0.5, 0.6) is 5.75 Å². The third-order valence-corrected chi connectivity index (χ3v) is 4.97. The van der Waals surface area contributed by atoms with Crippen LogP contribution in [0.3, 0.4) is 0 Å². The van der Waals surface area contributed by atoms with Crippen molar-refractivity contribution < 1.29 is 9.53 Å². The van der Waals surface area contributed by atoms with E-state index in [0.717, 1.165) is 36.3 Å². The summed E-state index contributed by atoms with van der Waals surface area (Å²) in [6.07, 6.45) is 4.24. The minimum absolute atomic E-state index is 0.0124. The topological polar surface area (TPSA) is 38.3 Å². The molecule has 0 aliphatic heterocycles. The maximum atomic E-state index is 12.4. The van der Waals surface area contributed by atoms with Gasteiger partial charge in [0, 0.05) is 5.69 Å². The molecule has 0 saturated heterocycles. The van der Waals surface area contributed by atoms with Gasteiger partial charge in [-0.2, -0.15) is 0 Å². The van der Waals surface area contributed by atoms with Gasteiger partial charge in [-0.25, -0.2) is 0 Å². The lowest BCUT2D eigenvalue weighted by atomic mass is 10.0. The van der Waals surface area contributed by atoms with Gasteiger partial charge in [-0.3, -0.25) is 4.79 Å². The van der Waals surface area contributed by atoms with Crippen molar-refractivity contribution in [3.63, 3.8) is 0 Å². The largest absolute Gasteiger partial charge is 0.484 e. The van der Waals surface area contributed by atoms with Crippen molar-refractivity contribution in [2.24, 2.45) is 0 Å². The zero-order valence-electron chi connectivity index (χ0n) is 15.3. The summed E-state index contributed by atoms with van der Waals surface area (Å²) in [6, 6.07) is 24.3. The number of aryl methyl sites for hydroxylation is 2. The smallest absolute Gasteiger partial charge is 0.262 e. The van der Waals surface area contributed by atoms with Crippen molar-refractivity contribution in [3.05, 3.63) is 95.1 Å². The molecule has 27 heavy (non-hydrogen) atoms. The van der Waals surface area contributed by atoms with Crippen LogP contribution in [0.2, 0.25) is 0 Å². The van der Waals surface area contributed by atoms with Crippen LogP contribution in [-0.2, 0) is 24.1 Å². The molecule has 1 N–H and O–H groups in total. The van der Waals surface area contributed by atoms with Crippen LogP contribution in [-0.4, -0.2) is 12.5 Å². The number of rotatable bonds is 6. The van der Waals surface area contributed by atoms with Crippen molar-refractivity contribution in [3.8, 4) is 5.75 Å². The van der Waals surface area contributed by atoms with Gasteiger partial charge in [-0.05, 0) is 66.1 Å². The summed E-state index contributed by atoms with van der Waals surface area (Å²) in [7, 11) is 0. The van der Waals surface area contributed by atoms with Crippen LogP contribution in [0.1, 0.15) is 28.7 Å². The van der Waals surface area contributed by atoms with Gasteiger partial charge in [0.05, 0.1) is 0 Å². The highest BCUT2D eigenvalue weighted by Gasteiger charge is 2.12. The number of para-hydroxylation sites is 1. The maximum Gasteiger partial charge on any atom is 0.262 e. The van der Waals surface area contributed by atoms with E-state index in [1.54, 1.807) is 0 Å². The van der Waals surface area contributed by atoms with Gasteiger partial charge in [0.15, 0.2) is 6.61 Å². The maximum absolute atomic E-state index is 12.4. The fourth-order valence-corrected chi connectivity index (χ4v) is 3.59. The summed E-state index contributed by atoms with van der Waals surface area (Å²) in [4.78, 5) is 12.4. The summed E-state index contributed by atoms with van der Waals surface area (Å²) in [5.41, 5.74) is 5.90. The molecule has 136 valence electrons. The second kappa shape index (κ2) is 8.09. The second-order valence-electron chi connectivity index (χ2n) is 6.94. The van der Waals surface area contributed by atoms with Crippen molar-refractivity contribution in [2.75, 3.05) is 11.9 Å². The number of amides is 1. The molecule has 3 nitrogen and oxygen atoms in total. The Morgan fingerprint density at radius 2 is 1.67 bits per heavy atom. The number of nitrogens with one attached hydrogen (secondary N) is 1. The van der Waals surface area contributed by atoms with E-state index in [2.05, 4.69) is 29.6 Å². The Labute approximate surface area is 160 Å². The Balaban J connectivity index is 1.38. The standard InChI is InChI=1S/C24H23NO2/c26-24(17-27-22-14-13-19-10-6-11-20(19)16-22)25-23-12-5-4-9-21(23)15-18-7-2-1-3-8-18/h1-5,7-9,12-14,16H,6,10-11,15,17H2,(H,25,26). The first kappa shape index (κ1) is 17.3. The Bertz CT molecular complexity index is 934. The third kappa shape index (κ3) is 4.37. The summed E-state index contributed by atoms with van der Waals surface area (Å²) in [6.45, 7) is 0.0124. The molecule has 0 fully saturated rings. The van der Waals surface area contributed by atoms with E-state index in [4.69, 9.17) is 4.74 Å². The molecule has 0 saturated carbocycles. The molecule has 3 heteroatoms. The minimum Gasteiger partial charge on any atom is -0.484 e. The number of carbonyl (C=O) groups excluding carboxylic acids is 1. The highest BCUT2D eigenvalue weighted by molar-refractivity contribution is 5.92. The van der Waals surface area contributed by atoms with Gasteiger partial charge in [0.2, 0.25) is 0 Å². The quantitative estimate of drug-likeness (QED) is 0.689. The van der Waals surface area contributed by atoms with Crippen LogP contribution in [0.25, 0.3) is 0 Å². The van der Waals surface area contributed by atoms with E-state index in [9.17, 15) is 4.79 Å². The van der Waals surface area contributed by atoms with Gasteiger partial charge in [-0.15, -0.1) is 0 Å². The van der Waals surface area contributed by atoms with E-state index < -0.39 is 0 Å². The molecular formula is C24H23NO2. The summed E-state index contributed by atoms with van der Waals surface area (Å²) in [5.74, 6) is 0.624. The van der Waals surface area contributed by atoms with E-state index in [1.807, 2.05) is 48.5 Å². The van der Waals surface area contributed by atoms with Gasteiger partial charge >= 0.3 is 0 Å². The SMILES string of the molecule is O=C(COc1ccc2c(c1)CCC2)Nc1ccccc1Cc1ccccc1. The molecular weight excluding hydrogens is 334 g/mol. The first-order valence-electron chi connectivity index (χ1n) is 9.44. The molecule has 1 aliphatic carbocycles. The predicted octanol–water partition coefficient (Wildman–Crippen LogP) is 4.78. The number of hydrogen-bond acceptors (Lipinski definition) is 2. The zero-order valence-corrected chi connectivity index (χ0v) is 15.3. The highest BCUT2D eigenvalue weighted by atomic mass is 16.5. The molecule has 1 aliphatic rings. The Hall–Kier alpha value is -3.07. The Morgan fingerprint density at radius 1 is 0.889 bits per heavy atom. The molecule has 1 amide bonds. The van der Waals surface area contributed by atoms with Gasteiger partial charge in [-0.1, -0.05) is 54.6 Å². The minimum atomic E-state index is -0.143. The molecule has 0 heterocycles. The number of ether oxygens (including phenoxy) is 1. The van der Waals surface area contributed by atoms with Crippen LogP contribution in [0.4, 0.5) is 5.69 Å². The van der Waals surface area contributed by atoms with Crippen molar-refractivity contribution in [1.82, 2.24) is 0 Å². The third-order valence-electron chi connectivity index (χ3n) is 4.97. The fourth-order valence-electron chi connectivity index (χ4n) is 3.59. The molecule has 0 aromatic heterocycles. The first-order chi connectivity index (χ1) is 13.3. The molecule has 0 spiro atoms. The van der Waals surface area contributed by atoms with Crippen LogP contribution < -0.4 is 10.1 Å². The number of fused-ring (bicyclic) bond motifs is 1. The van der Waals surface area contributed by atoms with Crippen molar-refractivity contribution >= 4 is 11.6 Å². The lowest BCUT2D eigenvalue weighted by molar-refractivity contribution is -0.118. The van der Waals surface area contributed by atoms with Crippen LogP contribution in [0, 0.1) is 0 Å². The van der Waals surface area contributed by atoms with Gasteiger partial charge < -0.3 is 10.1 Å². The molecule has 0 radical (unpaired) electrons. The van der Waals surface area contributed by atoms with Crippen LogP contribution in [0.15, 0.2) is 72.8 Å². The highest BCUT2D eigenvalue weighted by Crippen LogP contribution is 2.26. The van der Waals surface area contributed by atoms with E-state index in [0.29, 0.717) is 0 Å². The average Bonchev–Trinajstić information content (AvgIpc) is 3.17. The van der Waals surface area contributed by atoms with Crippen LogP contribution >= 0.6 is 0 Å². The van der Waals surface area contributed by atoms with E-state index >= 15 is 0 Å². The summed E-state index contributed by atoms with van der Waals surface area (Å²) < 4.78 is 5.71. The molecule has 3 aromatic rings. The van der Waals surface area contributed by atoms with Gasteiger partial charge in [0.1, 0.15) is 5.75 Å². The van der Waals surface area contributed by atoms with E-state index in [-0.39, 0.29) is 12.5 Å². The molecule has 3 aromatic carbocycles. The molecule has 0 bridgehead atoms. The normalized spacial score (nSPS) is 12.4. The molecule has 0 atom stereocenters. The van der Waals surface area contributed by atoms with Gasteiger partial charge in [0.25, 0.3) is 5.91 Å². The average molecular weight is 357 g/mol. The predicted molar refractivity (Wildman–Crippen MR) is 108 cm³/mol. The Kier molecular flexibility index (Phi) is 5.20. The van der Waals surface area contributed by atoms with Crippen molar-refractivity contribution in [1.29, 1.82) is 0 Å². The molecule has 0 unspecified atom stereocenters. The van der Waals surface area contributed by atoms with E-state index in [1.165, 1.54) is 23.1 Å². The van der Waals surface area contributed by atoms with Crippen molar-refractivity contribution in [2.45, 2.75) is 25.7 Å².